The molecule has 2 saturated heterocycles. The van der Waals surface area contributed by atoms with Gasteiger partial charge in [-0.2, -0.15) is 0 Å². The van der Waals surface area contributed by atoms with E-state index in [2.05, 4.69) is 11.9 Å². The van der Waals surface area contributed by atoms with Gasteiger partial charge in [0.25, 0.3) is 5.91 Å². The zero-order valence-corrected chi connectivity index (χ0v) is 12.2. The number of nitrogens with zero attached hydrogens (tertiary/aromatic N) is 2. The molecular formula is C16H20N2O3. The molecule has 2 fully saturated rings. The van der Waals surface area contributed by atoms with Gasteiger partial charge in [0, 0.05) is 18.7 Å². The van der Waals surface area contributed by atoms with Crippen LogP contribution in [0.3, 0.4) is 0 Å². The van der Waals surface area contributed by atoms with Crippen molar-refractivity contribution in [3.8, 4) is 0 Å². The Balaban J connectivity index is 1.74. The molecule has 5 nitrogen and oxygen atoms in total. The van der Waals surface area contributed by atoms with Crippen LogP contribution in [0.2, 0.25) is 0 Å². The fraction of sp³-hybridized carbons (Fsp3) is 0.500. The standard InChI is InChI=1S/C16H20N2O3/c1-17-7-6-12-8-14(17)18(10-12)16(21)13-4-2-11(3-5-13)9-15(19)20/h2-5,12,14H,6-10H2,1H3,(H,19,20). The van der Waals surface area contributed by atoms with Gasteiger partial charge >= 0.3 is 5.97 Å². The minimum atomic E-state index is -0.857. The quantitative estimate of drug-likeness (QED) is 0.914. The Hall–Kier alpha value is -1.88. The maximum absolute atomic E-state index is 12.7. The molecule has 5 heteroatoms. The Morgan fingerprint density at radius 2 is 2.00 bits per heavy atom. The summed E-state index contributed by atoms with van der Waals surface area (Å²) >= 11 is 0. The van der Waals surface area contributed by atoms with Crippen molar-refractivity contribution in [2.45, 2.75) is 25.4 Å². The first-order valence-corrected chi connectivity index (χ1v) is 7.36. The van der Waals surface area contributed by atoms with E-state index < -0.39 is 5.97 Å². The van der Waals surface area contributed by atoms with Crippen LogP contribution >= 0.6 is 0 Å². The second-order valence-corrected chi connectivity index (χ2v) is 6.08. The van der Waals surface area contributed by atoms with Crippen molar-refractivity contribution in [1.82, 2.24) is 9.80 Å². The molecule has 112 valence electrons. The number of rotatable bonds is 3. The second kappa shape index (κ2) is 5.48. The fourth-order valence-corrected chi connectivity index (χ4v) is 3.39. The molecule has 0 aromatic heterocycles. The first kappa shape index (κ1) is 14.1. The molecule has 0 spiro atoms. The number of hydrogen-bond acceptors (Lipinski definition) is 3. The highest BCUT2D eigenvalue weighted by molar-refractivity contribution is 5.94. The summed E-state index contributed by atoms with van der Waals surface area (Å²) in [5.74, 6) is -0.177. The Labute approximate surface area is 124 Å². The van der Waals surface area contributed by atoms with Crippen LogP contribution in [-0.4, -0.2) is 53.1 Å². The van der Waals surface area contributed by atoms with Gasteiger partial charge in [0.15, 0.2) is 0 Å². The number of likely N-dealkylation sites (tertiary alicyclic amines) is 2. The van der Waals surface area contributed by atoms with Crippen molar-refractivity contribution in [1.29, 1.82) is 0 Å². The number of piperidine rings is 1. The highest BCUT2D eigenvalue weighted by Crippen LogP contribution is 2.33. The number of carboxylic acid groups (broad SMARTS) is 1. The van der Waals surface area contributed by atoms with Crippen molar-refractivity contribution >= 4 is 11.9 Å². The summed E-state index contributed by atoms with van der Waals surface area (Å²) in [4.78, 5) is 27.5. The zero-order valence-electron chi connectivity index (χ0n) is 12.2. The molecule has 2 aliphatic rings. The number of benzene rings is 1. The van der Waals surface area contributed by atoms with Gasteiger partial charge in [-0.25, -0.2) is 0 Å². The van der Waals surface area contributed by atoms with Crippen LogP contribution < -0.4 is 0 Å². The molecule has 2 aliphatic heterocycles. The number of carboxylic acids is 1. The van der Waals surface area contributed by atoms with Crippen molar-refractivity contribution in [2.75, 3.05) is 20.1 Å². The van der Waals surface area contributed by atoms with Gasteiger partial charge in [-0.3, -0.25) is 14.5 Å². The predicted octanol–water partition coefficient (Wildman–Crippen LogP) is 1.44. The summed E-state index contributed by atoms with van der Waals surface area (Å²) in [6, 6.07) is 6.94. The van der Waals surface area contributed by atoms with E-state index in [9.17, 15) is 9.59 Å². The Kier molecular flexibility index (Phi) is 3.68. The minimum absolute atomic E-state index is 0.00831. The lowest BCUT2D eigenvalue weighted by Gasteiger charge is -2.33. The minimum Gasteiger partial charge on any atom is -0.481 e. The summed E-state index contributed by atoms with van der Waals surface area (Å²) in [6.45, 7) is 1.89. The monoisotopic (exact) mass is 288 g/mol. The summed E-state index contributed by atoms with van der Waals surface area (Å²) in [6.07, 6.45) is 2.44. The molecular weight excluding hydrogens is 268 g/mol. The van der Waals surface area contributed by atoms with E-state index in [4.69, 9.17) is 5.11 Å². The molecule has 2 unspecified atom stereocenters. The summed E-state index contributed by atoms with van der Waals surface area (Å²) in [5.41, 5.74) is 1.36. The van der Waals surface area contributed by atoms with Crippen LogP contribution in [-0.2, 0) is 11.2 Å². The molecule has 0 saturated carbocycles. The Morgan fingerprint density at radius 3 is 2.67 bits per heavy atom. The fourth-order valence-electron chi connectivity index (χ4n) is 3.39. The largest absolute Gasteiger partial charge is 0.481 e. The van der Waals surface area contributed by atoms with Gasteiger partial charge in [0.1, 0.15) is 0 Å². The zero-order chi connectivity index (χ0) is 15.0. The van der Waals surface area contributed by atoms with Crippen molar-refractivity contribution in [3.05, 3.63) is 35.4 Å². The third kappa shape index (κ3) is 2.78. The number of fused-ring (bicyclic) bond motifs is 2. The number of carbonyl (C=O) groups excluding carboxylic acids is 1. The maximum Gasteiger partial charge on any atom is 0.307 e. The van der Waals surface area contributed by atoms with Crippen molar-refractivity contribution < 1.29 is 14.7 Å². The first-order chi connectivity index (χ1) is 10.0. The summed E-state index contributed by atoms with van der Waals surface area (Å²) in [7, 11) is 2.07. The lowest BCUT2D eigenvalue weighted by atomic mass is 10.00. The molecule has 1 aromatic rings. The van der Waals surface area contributed by atoms with Crippen LogP contribution in [0.5, 0.6) is 0 Å². The van der Waals surface area contributed by atoms with E-state index in [1.807, 2.05) is 4.90 Å². The highest BCUT2D eigenvalue weighted by atomic mass is 16.4. The van der Waals surface area contributed by atoms with Gasteiger partial charge in [-0.1, -0.05) is 12.1 Å². The SMILES string of the molecule is CN1CCC2CC1N(C(=O)c1ccc(CC(=O)O)cc1)C2. The Bertz CT molecular complexity index is 555. The molecule has 1 aromatic carbocycles. The Morgan fingerprint density at radius 1 is 1.29 bits per heavy atom. The van der Waals surface area contributed by atoms with E-state index in [1.165, 1.54) is 0 Å². The van der Waals surface area contributed by atoms with E-state index in [0.717, 1.165) is 31.5 Å². The van der Waals surface area contributed by atoms with Gasteiger partial charge < -0.3 is 10.0 Å². The number of carbonyl (C=O) groups is 2. The molecule has 0 radical (unpaired) electrons. The van der Waals surface area contributed by atoms with E-state index in [0.29, 0.717) is 11.5 Å². The van der Waals surface area contributed by atoms with E-state index in [1.54, 1.807) is 24.3 Å². The second-order valence-electron chi connectivity index (χ2n) is 6.08. The molecule has 2 atom stereocenters. The average molecular weight is 288 g/mol. The smallest absolute Gasteiger partial charge is 0.307 e. The lowest BCUT2D eigenvalue weighted by Crippen LogP contribution is -2.45. The number of hydrogen-bond donors (Lipinski definition) is 1. The highest BCUT2D eigenvalue weighted by Gasteiger charge is 2.40. The van der Waals surface area contributed by atoms with Crippen LogP contribution in [0.25, 0.3) is 0 Å². The van der Waals surface area contributed by atoms with Gasteiger partial charge in [-0.05, 0) is 43.5 Å². The van der Waals surface area contributed by atoms with Crippen molar-refractivity contribution in [2.24, 2.45) is 5.92 Å². The third-order valence-corrected chi connectivity index (χ3v) is 4.57. The summed E-state index contributed by atoms with van der Waals surface area (Å²) in [5, 5.41) is 8.77. The lowest BCUT2D eigenvalue weighted by molar-refractivity contribution is -0.136. The average Bonchev–Trinajstić information content (AvgIpc) is 2.82. The third-order valence-electron chi connectivity index (χ3n) is 4.57. The van der Waals surface area contributed by atoms with Gasteiger partial charge in [-0.15, -0.1) is 0 Å². The van der Waals surface area contributed by atoms with E-state index in [-0.39, 0.29) is 18.5 Å². The molecule has 1 amide bonds. The maximum atomic E-state index is 12.7. The first-order valence-electron chi connectivity index (χ1n) is 7.36. The molecule has 21 heavy (non-hydrogen) atoms. The van der Waals surface area contributed by atoms with Crippen LogP contribution in [0.1, 0.15) is 28.8 Å². The molecule has 3 rings (SSSR count). The molecule has 2 heterocycles. The molecule has 1 N–H and O–H groups in total. The molecule has 0 aliphatic carbocycles. The normalized spacial score (nSPS) is 25.1. The predicted molar refractivity (Wildman–Crippen MR) is 78.0 cm³/mol. The van der Waals surface area contributed by atoms with Crippen LogP contribution in [0.4, 0.5) is 0 Å². The van der Waals surface area contributed by atoms with E-state index >= 15 is 0 Å². The van der Waals surface area contributed by atoms with Gasteiger partial charge in [0.2, 0.25) is 0 Å². The number of aliphatic carboxylic acids is 1. The topological polar surface area (TPSA) is 60.9 Å². The number of amides is 1. The van der Waals surface area contributed by atoms with Crippen LogP contribution in [0.15, 0.2) is 24.3 Å². The summed E-state index contributed by atoms with van der Waals surface area (Å²) < 4.78 is 0. The van der Waals surface area contributed by atoms with Crippen LogP contribution in [0, 0.1) is 5.92 Å². The van der Waals surface area contributed by atoms with Crippen molar-refractivity contribution in [3.63, 3.8) is 0 Å². The molecule has 2 bridgehead atoms. The van der Waals surface area contributed by atoms with Gasteiger partial charge in [0.05, 0.1) is 12.6 Å².